The van der Waals surface area contributed by atoms with E-state index in [1.807, 2.05) is 0 Å². The summed E-state index contributed by atoms with van der Waals surface area (Å²) in [5.74, 6) is -0.0381. The van der Waals surface area contributed by atoms with Gasteiger partial charge < -0.3 is 9.88 Å². The average molecular weight is 234 g/mol. The molecule has 0 saturated heterocycles. The molecule has 0 amide bonds. The fraction of sp³-hybridized carbons (Fsp3) is 0.778. The maximum Gasteiger partial charge on any atom is 0.393 e. The maximum absolute atomic E-state index is 12.6. The van der Waals surface area contributed by atoms with Crippen LogP contribution in [0.5, 0.6) is 0 Å². The lowest BCUT2D eigenvalue weighted by Crippen LogP contribution is -2.33. The summed E-state index contributed by atoms with van der Waals surface area (Å²) in [6.45, 7) is 0.389. The molecule has 7 heteroatoms. The van der Waals surface area contributed by atoms with Gasteiger partial charge in [0.05, 0.1) is 12.5 Å². The van der Waals surface area contributed by atoms with Crippen LogP contribution in [0.25, 0.3) is 0 Å². The summed E-state index contributed by atoms with van der Waals surface area (Å²) in [7, 11) is 1.73. The van der Waals surface area contributed by atoms with Gasteiger partial charge in [-0.3, -0.25) is 0 Å². The fourth-order valence-electron chi connectivity index (χ4n) is 1.94. The summed E-state index contributed by atoms with van der Waals surface area (Å²) in [6, 6.07) is 0. The Kier molecular flexibility index (Phi) is 2.88. The number of nitrogens with one attached hydrogen (secondary N) is 1. The quantitative estimate of drug-likeness (QED) is 0.834. The van der Waals surface area contributed by atoms with Gasteiger partial charge in [0.2, 0.25) is 0 Å². The Morgan fingerprint density at radius 1 is 1.44 bits per heavy atom. The van der Waals surface area contributed by atoms with Gasteiger partial charge >= 0.3 is 6.18 Å². The summed E-state index contributed by atoms with van der Waals surface area (Å²) >= 11 is 0. The molecule has 1 aromatic rings. The van der Waals surface area contributed by atoms with Crippen molar-refractivity contribution >= 4 is 0 Å². The number of hydrogen-bond donors (Lipinski definition) is 1. The predicted octanol–water partition coefficient (Wildman–Crippen LogP) is 1.12. The van der Waals surface area contributed by atoms with Gasteiger partial charge in [-0.1, -0.05) is 0 Å². The van der Waals surface area contributed by atoms with Gasteiger partial charge in [0.1, 0.15) is 11.6 Å². The van der Waals surface area contributed by atoms with Crippen LogP contribution in [-0.4, -0.2) is 28.0 Å². The standard InChI is InChI=1S/C9H13F3N4/c1-13-4-8-15-14-7-3-2-6(5-16(7)8)9(10,11)12/h6,13H,2-5H2,1H3/t6-/m0/s1. The van der Waals surface area contributed by atoms with E-state index in [-0.39, 0.29) is 13.0 Å². The average Bonchev–Trinajstić information content (AvgIpc) is 2.60. The van der Waals surface area contributed by atoms with Gasteiger partial charge in [0.15, 0.2) is 0 Å². The second-order valence-corrected chi connectivity index (χ2v) is 3.95. The fourth-order valence-corrected chi connectivity index (χ4v) is 1.94. The number of nitrogens with zero attached hydrogens (tertiary/aromatic N) is 3. The highest BCUT2D eigenvalue weighted by Crippen LogP contribution is 2.34. The number of hydrogen-bond acceptors (Lipinski definition) is 3. The van der Waals surface area contributed by atoms with Crippen molar-refractivity contribution in [1.29, 1.82) is 0 Å². The molecule has 90 valence electrons. The van der Waals surface area contributed by atoms with Crippen LogP contribution in [0.15, 0.2) is 0 Å². The van der Waals surface area contributed by atoms with Crippen molar-refractivity contribution in [2.24, 2.45) is 5.92 Å². The molecule has 16 heavy (non-hydrogen) atoms. The third-order valence-corrected chi connectivity index (χ3v) is 2.82. The van der Waals surface area contributed by atoms with Crippen LogP contribution in [0.3, 0.4) is 0 Å². The zero-order valence-electron chi connectivity index (χ0n) is 8.88. The molecule has 1 aliphatic heterocycles. The Morgan fingerprint density at radius 2 is 2.19 bits per heavy atom. The highest BCUT2D eigenvalue weighted by Gasteiger charge is 2.42. The van der Waals surface area contributed by atoms with E-state index < -0.39 is 12.1 Å². The third-order valence-electron chi connectivity index (χ3n) is 2.82. The highest BCUT2D eigenvalue weighted by atomic mass is 19.4. The summed E-state index contributed by atoms with van der Waals surface area (Å²) in [4.78, 5) is 0. The van der Waals surface area contributed by atoms with Gasteiger partial charge in [-0.25, -0.2) is 0 Å². The van der Waals surface area contributed by atoms with E-state index in [2.05, 4.69) is 15.5 Å². The van der Waals surface area contributed by atoms with Crippen molar-refractivity contribution in [3.63, 3.8) is 0 Å². The van der Waals surface area contributed by atoms with Crippen LogP contribution in [0.2, 0.25) is 0 Å². The first kappa shape index (κ1) is 11.4. The molecule has 4 nitrogen and oxygen atoms in total. The zero-order valence-corrected chi connectivity index (χ0v) is 8.88. The van der Waals surface area contributed by atoms with Gasteiger partial charge in [-0.2, -0.15) is 13.2 Å². The highest BCUT2D eigenvalue weighted by molar-refractivity contribution is 5.00. The predicted molar refractivity (Wildman–Crippen MR) is 50.7 cm³/mol. The first-order valence-electron chi connectivity index (χ1n) is 5.14. The molecular formula is C9H13F3N4. The van der Waals surface area contributed by atoms with Crippen LogP contribution in [0, 0.1) is 5.92 Å². The molecule has 0 fully saturated rings. The third kappa shape index (κ3) is 2.04. The van der Waals surface area contributed by atoms with Gasteiger partial charge in [-0.15, -0.1) is 10.2 Å². The van der Waals surface area contributed by atoms with Crippen LogP contribution in [0.1, 0.15) is 18.1 Å². The molecule has 0 unspecified atom stereocenters. The zero-order chi connectivity index (χ0) is 11.8. The summed E-state index contributed by atoms with van der Waals surface area (Å²) < 4.78 is 39.3. The molecule has 1 N–H and O–H groups in total. The van der Waals surface area contributed by atoms with Crippen molar-refractivity contribution in [3.05, 3.63) is 11.6 Å². The van der Waals surface area contributed by atoms with Crippen LogP contribution in [-0.2, 0) is 19.5 Å². The summed E-state index contributed by atoms with van der Waals surface area (Å²) in [6.07, 6.45) is -3.67. The van der Waals surface area contributed by atoms with E-state index in [4.69, 9.17) is 0 Å². The second-order valence-electron chi connectivity index (χ2n) is 3.95. The molecule has 0 saturated carbocycles. The minimum Gasteiger partial charge on any atom is -0.313 e. The topological polar surface area (TPSA) is 42.7 Å². The summed E-state index contributed by atoms with van der Waals surface area (Å²) in [5.41, 5.74) is 0. The van der Waals surface area contributed by atoms with Gasteiger partial charge in [-0.05, 0) is 13.5 Å². The number of fused-ring (bicyclic) bond motifs is 1. The van der Waals surface area contributed by atoms with Crippen molar-refractivity contribution in [1.82, 2.24) is 20.1 Å². The molecule has 0 radical (unpaired) electrons. The second kappa shape index (κ2) is 4.04. The molecule has 1 aliphatic rings. The van der Waals surface area contributed by atoms with E-state index in [1.54, 1.807) is 11.6 Å². The largest absolute Gasteiger partial charge is 0.393 e. The summed E-state index contributed by atoms with van der Waals surface area (Å²) in [5, 5.41) is 10.7. The lowest BCUT2D eigenvalue weighted by atomic mass is 9.99. The molecule has 0 aliphatic carbocycles. The van der Waals surface area contributed by atoms with Gasteiger partial charge in [0, 0.05) is 13.0 Å². The maximum atomic E-state index is 12.6. The Labute approximate surface area is 90.9 Å². The van der Waals surface area contributed by atoms with E-state index in [9.17, 15) is 13.2 Å². The van der Waals surface area contributed by atoms with Gasteiger partial charge in [0.25, 0.3) is 0 Å². The lowest BCUT2D eigenvalue weighted by Gasteiger charge is -2.26. The Bertz CT molecular complexity index is 371. The van der Waals surface area contributed by atoms with E-state index in [1.165, 1.54) is 0 Å². The smallest absolute Gasteiger partial charge is 0.313 e. The Hall–Kier alpha value is -1.11. The molecular weight excluding hydrogens is 221 g/mol. The Balaban J connectivity index is 2.21. The first-order chi connectivity index (χ1) is 7.52. The monoisotopic (exact) mass is 234 g/mol. The minimum absolute atomic E-state index is 0.0527. The molecule has 2 heterocycles. The number of halogens is 3. The minimum atomic E-state index is -4.13. The van der Waals surface area contributed by atoms with Crippen molar-refractivity contribution in [3.8, 4) is 0 Å². The molecule has 0 aromatic carbocycles. The normalized spacial score (nSPS) is 20.9. The van der Waals surface area contributed by atoms with Crippen LogP contribution >= 0.6 is 0 Å². The molecule has 1 atom stereocenters. The van der Waals surface area contributed by atoms with Crippen molar-refractivity contribution < 1.29 is 13.2 Å². The van der Waals surface area contributed by atoms with Crippen LogP contribution < -0.4 is 5.32 Å². The molecule has 0 bridgehead atoms. The molecule has 2 rings (SSSR count). The first-order valence-corrected chi connectivity index (χ1v) is 5.14. The molecule has 0 spiro atoms. The van der Waals surface area contributed by atoms with Crippen LogP contribution in [0.4, 0.5) is 13.2 Å². The number of alkyl halides is 3. The lowest BCUT2D eigenvalue weighted by molar-refractivity contribution is -0.182. The van der Waals surface area contributed by atoms with E-state index in [0.29, 0.717) is 24.6 Å². The van der Waals surface area contributed by atoms with E-state index in [0.717, 1.165) is 0 Å². The number of rotatable bonds is 2. The van der Waals surface area contributed by atoms with Crippen molar-refractivity contribution in [2.45, 2.75) is 32.1 Å². The van der Waals surface area contributed by atoms with E-state index >= 15 is 0 Å². The molecule has 1 aromatic heterocycles. The van der Waals surface area contributed by atoms with Crippen molar-refractivity contribution in [2.75, 3.05) is 7.05 Å². The number of aromatic nitrogens is 3. The number of aryl methyl sites for hydroxylation is 1. The SMILES string of the molecule is CNCc1nnc2n1C[C@@H](C(F)(F)F)CC2. The Morgan fingerprint density at radius 3 is 2.81 bits per heavy atom.